The number of likely N-dealkylation sites (tertiary alicyclic amines) is 1. The van der Waals surface area contributed by atoms with E-state index in [4.69, 9.17) is 4.98 Å². The molecule has 0 N–H and O–H groups in total. The smallest absolute Gasteiger partial charge is 0.274 e. The van der Waals surface area contributed by atoms with Crippen molar-refractivity contribution in [3.63, 3.8) is 0 Å². The molecule has 8 heteroatoms. The Morgan fingerprint density at radius 3 is 2.62 bits per heavy atom. The lowest BCUT2D eigenvalue weighted by Gasteiger charge is -2.43. The summed E-state index contributed by atoms with van der Waals surface area (Å²) in [5.41, 5.74) is 2.69. The van der Waals surface area contributed by atoms with Crippen LogP contribution in [0.2, 0.25) is 0 Å². The number of nitrogens with zero attached hydrogens (tertiary/aromatic N) is 5. The highest BCUT2D eigenvalue weighted by molar-refractivity contribution is 7.15. The zero-order valence-corrected chi connectivity index (χ0v) is 19.4. The topological polar surface area (TPSA) is 62.2 Å². The van der Waals surface area contributed by atoms with Gasteiger partial charge in [-0.15, -0.1) is 11.3 Å². The number of carbonyl (C=O) groups is 1. The summed E-state index contributed by atoms with van der Waals surface area (Å²) in [5, 5.41) is 0.747. The predicted octanol–water partition coefficient (Wildman–Crippen LogP) is 4.68. The first-order valence-electron chi connectivity index (χ1n) is 11.2. The first-order chi connectivity index (χ1) is 16.6. The molecule has 2 aliphatic heterocycles. The molecule has 170 valence electrons. The van der Waals surface area contributed by atoms with Gasteiger partial charge in [0.25, 0.3) is 5.91 Å². The van der Waals surface area contributed by atoms with Crippen molar-refractivity contribution in [2.45, 2.75) is 13.0 Å². The molecule has 0 unspecified atom stereocenters. The lowest BCUT2D eigenvalue weighted by Crippen LogP contribution is -2.56. The molecule has 2 aliphatic rings. The van der Waals surface area contributed by atoms with Gasteiger partial charge in [-0.25, -0.2) is 19.3 Å². The van der Waals surface area contributed by atoms with Crippen LogP contribution in [0.5, 0.6) is 0 Å². The van der Waals surface area contributed by atoms with Gasteiger partial charge in [-0.1, -0.05) is 48.5 Å². The van der Waals surface area contributed by atoms with E-state index >= 15 is 0 Å². The fourth-order valence-electron chi connectivity index (χ4n) is 4.84. The second kappa shape index (κ2) is 8.29. The average Bonchev–Trinajstić information content (AvgIpc) is 3.40. The number of hydrogen-bond acceptors (Lipinski definition) is 6. The quantitative estimate of drug-likeness (QED) is 0.433. The monoisotopic (exact) mass is 471 g/mol. The number of anilines is 1. The molecule has 0 spiro atoms. The highest BCUT2D eigenvalue weighted by Gasteiger charge is 2.48. The Bertz CT molecular complexity index is 1370. The van der Waals surface area contributed by atoms with Gasteiger partial charge < -0.3 is 9.80 Å². The van der Waals surface area contributed by atoms with E-state index in [1.54, 1.807) is 24.4 Å². The molecule has 2 saturated heterocycles. The van der Waals surface area contributed by atoms with Crippen LogP contribution in [-0.2, 0) is 0 Å². The molecule has 6 nitrogen and oxygen atoms in total. The number of carbonyl (C=O) groups excluding carboxylic acids is 1. The minimum atomic E-state index is -0.344. The van der Waals surface area contributed by atoms with Crippen LogP contribution in [0.3, 0.4) is 0 Å². The van der Waals surface area contributed by atoms with Gasteiger partial charge in [0.2, 0.25) is 5.95 Å². The third-order valence-corrected chi connectivity index (χ3v) is 7.55. The Labute approximate surface area is 200 Å². The Balaban J connectivity index is 1.22. The molecule has 34 heavy (non-hydrogen) atoms. The van der Waals surface area contributed by atoms with Crippen LogP contribution in [0, 0.1) is 18.7 Å². The van der Waals surface area contributed by atoms with Gasteiger partial charge in [0, 0.05) is 42.9 Å². The van der Waals surface area contributed by atoms with Crippen molar-refractivity contribution in [3.05, 3.63) is 83.4 Å². The number of aromatic nitrogens is 3. The van der Waals surface area contributed by atoms with Crippen LogP contribution in [0.25, 0.3) is 21.7 Å². The Morgan fingerprint density at radius 2 is 1.79 bits per heavy atom. The molecular weight excluding hydrogens is 449 g/mol. The Morgan fingerprint density at radius 1 is 1.00 bits per heavy atom. The van der Waals surface area contributed by atoms with E-state index in [-0.39, 0.29) is 17.8 Å². The number of hydrogen-bond donors (Lipinski definition) is 0. The molecule has 0 saturated carbocycles. The summed E-state index contributed by atoms with van der Waals surface area (Å²) in [6, 6.07) is 18.7. The van der Waals surface area contributed by atoms with Gasteiger partial charge >= 0.3 is 0 Å². The van der Waals surface area contributed by atoms with Crippen molar-refractivity contribution in [1.82, 2.24) is 19.9 Å². The number of rotatable bonds is 4. The molecule has 2 atom stereocenters. The van der Waals surface area contributed by atoms with Crippen LogP contribution >= 0.6 is 11.3 Å². The zero-order chi connectivity index (χ0) is 23.2. The van der Waals surface area contributed by atoms with E-state index in [2.05, 4.69) is 14.9 Å². The highest BCUT2D eigenvalue weighted by Crippen LogP contribution is 2.38. The number of aryl methyl sites for hydroxylation is 1. The summed E-state index contributed by atoms with van der Waals surface area (Å²) in [7, 11) is 0. The van der Waals surface area contributed by atoms with Crippen LogP contribution in [0.4, 0.5) is 10.3 Å². The zero-order valence-electron chi connectivity index (χ0n) is 18.6. The standard InChI is InChI=1S/C26H22FN5OS/c1-16-29-23(24(34-16)19-9-5-6-10-20(19)27)25(33)31-13-18-14-32(22(18)15-31)26-28-12-11-21(30-26)17-7-3-2-4-8-17/h2-12,18,22H,13-15H2,1H3/t18-,22+/m0/s1. The number of halogens is 1. The van der Waals surface area contributed by atoms with E-state index in [1.165, 1.54) is 17.4 Å². The van der Waals surface area contributed by atoms with Crippen molar-refractivity contribution < 1.29 is 9.18 Å². The van der Waals surface area contributed by atoms with Crippen molar-refractivity contribution in [1.29, 1.82) is 0 Å². The molecular formula is C26H22FN5OS. The van der Waals surface area contributed by atoms with Crippen molar-refractivity contribution in [2.75, 3.05) is 24.5 Å². The Hall–Kier alpha value is -3.65. The van der Waals surface area contributed by atoms with E-state index in [9.17, 15) is 9.18 Å². The van der Waals surface area contributed by atoms with E-state index in [0.29, 0.717) is 41.1 Å². The van der Waals surface area contributed by atoms with Gasteiger partial charge in [0.15, 0.2) is 0 Å². The summed E-state index contributed by atoms with van der Waals surface area (Å²) in [4.78, 5) is 31.8. The van der Waals surface area contributed by atoms with Crippen LogP contribution in [0.15, 0.2) is 66.9 Å². The molecule has 2 aromatic heterocycles. The van der Waals surface area contributed by atoms with Crippen LogP contribution in [-0.4, -0.2) is 51.4 Å². The first-order valence-corrected chi connectivity index (χ1v) is 12.1. The van der Waals surface area contributed by atoms with E-state index in [0.717, 1.165) is 22.8 Å². The summed E-state index contributed by atoms with van der Waals surface area (Å²) in [5.74, 6) is 0.567. The van der Waals surface area contributed by atoms with Crippen molar-refractivity contribution in [2.24, 2.45) is 5.92 Å². The number of amides is 1. The van der Waals surface area contributed by atoms with E-state index < -0.39 is 0 Å². The lowest BCUT2D eigenvalue weighted by atomic mass is 9.92. The Kier molecular flexibility index (Phi) is 5.10. The second-order valence-electron chi connectivity index (χ2n) is 8.69. The molecule has 4 heterocycles. The van der Waals surface area contributed by atoms with Gasteiger partial charge in [-0.05, 0) is 19.1 Å². The largest absolute Gasteiger partial charge is 0.335 e. The summed E-state index contributed by atoms with van der Waals surface area (Å²) in [6.45, 7) is 3.89. The summed E-state index contributed by atoms with van der Waals surface area (Å²) < 4.78 is 14.5. The molecule has 0 aliphatic carbocycles. The molecule has 0 radical (unpaired) electrons. The normalized spacial score (nSPS) is 19.1. The fourth-order valence-corrected chi connectivity index (χ4v) is 5.78. The SMILES string of the molecule is Cc1nc(C(=O)N2C[C@H]3CN(c4nccc(-c5ccccc5)n4)[C@@H]3C2)c(-c2ccccc2F)s1. The van der Waals surface area contributed by atoms with Gasteiger partial charge in [-0.2, -0.15) is 0 Å². The first kappa shape index (κ1) is 20.9. The lowest BCUT2D eigenvalue weighted by molar-refractivity contribution is 0.0785. The maximum absolute atomic E-state index is 14.5. The van der Waals surface area contributed by atoms with Crippen molar-refractivity contribution >= 4 is 23.2 Å². The summed E-state index contributed by atoms with van der Waals surface area (Å²) >= 11 is 1.35. The van der Waals surface area contributed by atoms with Gasteiger partial charge in [0.05, 0.1) is 21.6 Å². The minimum absolute atomic E-state index is 0.143. The second-order valence-corrected chi connectivity index (χ2v) is 9.89. The minimum Gasteiger partial charge on any atom is -0.335 e. The molecule has 2 fully saturated rings. The third kappa shape index (κ3) is 3.54. The molecule has 0 bridgehead atoms. The summed E-state index contributed by atoms with van der Waals surface area (Å²) in [6.07, 6.45) is 1.79. The fraction of sp³-hybridized carbons (Fsp3) is 0.231. The van der Waals surface area contributed by atoms with Gasteiger partial charge in [0.1, 0.15) is 11.5 Å². The number of thiazole rings is 1. The maximum atomic E-state index is 14.5. The number of benzene rings is 2. The van der Waals surface area contributed by atoms with Gasteiger partial charge in [-0.3, -0.25) is 4.79 Å². The van der Waals surface area contributed by atoms with Crippen molar-refractivity contribution in [3.8, 4) is 21.7 Å². The molecule has 4 aromatic rings. The third-order valence-electron chi connectivity index (χ3n) is 6.55. The maximum Gasteiger partial charge on any atom is 0.274 e. The highest BCUT2D eigenvalue weighted by atomic mass is 32.1. The molecule has 2 aromatic carbocycles. The molecule has 1 amide bonds. The van der Waals surface area contributed by atoms with E-state index in [1.807, 2.05) is 48.2 Å². The average molecular weight is 472 g/mol. The number of fused-ring (bicyclic) bond motifs is 1. The van der Waals surface area contributed by atoms with Crippen LogP contribution in [0.1, 0.15) is 15.5 Å². The predicted molar refractivity (Wildman–Crippen MR) is 130 cm³/mol. The molecule has 6 rings (SSSR count). The van der Waals surface area contributed by atoms with Crippen LogP contribution < -0.4 is 4.90 Å².